The van der Waals surface area contributed by atoms with Crippen LogP contribution in [0.3, 0.4) is 0 Å². The van der Waals surface area contributed by atoms with Crippen LogP contribution in [-0.2, 0) is 16.0 Å². The second-order valence-corrected chi connectivity index (χ2v) is 6.78. The van der Waals surface area contributed by atoms with Crippen molar-refractivity contribution in [2.24, 2.45) is 0 Å². The molecule has 0 unspecified atom stereocenters. The van der Waals surface area contributed by atoms with Crippen molar-refractivity contribution in [2.75, 3.05) is 32.1 Å². The standard InChI is InChI=1S/C19H21N3O2S.ClH/c1-24-11-10-20-13-18(23)21-15-8-6-14(7-9-15)12-19-22-16-4-2-3-5-17(16)25-19;/h2-9,20H,10-13H2,1H3,(H,21,23);1H. The minimum atomic E-state index is -0.0602. The van der Waals surface area contributed by atoms with Crippen molar-refractivity contribution in [1.82, 2.24) is 10.3 Å². The number of methoxy groups -OCH3 is 1. The van der Waals surface area contributed by atoms with Crippen molar-refractivity contribution < 1.29 is 9.53 Å². The zero-order chi connectivity index (χ0) is 17.5. The molecule has 1 amide bonds. The third-order valence-corrected chi connectivity index (χ3v) is 4.74. The number of hydrogen-bond donors (Lipinski definition) is 2. The highest BCUT2D eigenvalue weighted by Gasteiger charge is 2.05. The van der Waals surface area contributed by atoms with Gasteiger partial charge in [-0.05, 0) is 29.8 Å². The summed E-state index contributed by atoms with van der Waals surface area (Å²) >= 11 is 1.72. The summed E-state index contributed by atoms with van der Waals surface area (Å²) in [5.41, 5.74) is 3.02. The lowest BCUT2D eigenvalue weighted by atomic mass is 10.1. The van der Waals surface area contributed by atoms with Crippen molar-refractivity contribution in [3.63, 3.8) is 0 Å². The number of anilines is 1. The van der Waals surface area contributed by atoms with Gasteiger partial charge in [-0.15, -0.1) is 23.7 Å². The van der Waals surface area contributed by atoms with Crippen LogP contribution in [0.4, 0.5) is 5.69 Å². The summed E-state index contributed by atoms with van der Waals surface area (Å²) in [6.45, 7) is 1.52. The Morgan fingerprint density at radius 2 is 1.92 bits per heavy atom. The molecule has 0 bridgehead atoms. The lowest BCUT2D eigenvalue weighted by molar-refractivity contribution is -0.115. The van der Waals surface area contributed by atoms with Gasteiger partial charge in [0.1, 0.15) is 0 Å². The summed E-state index contributed by atoms with van der Waals surface area (Å²) in [7, 11) is 1.64. The number of fused-ring (bicyclic) bond motifs is 1. The molecular formula is C19H22ClN3O2S. The molecule has 0 fully saturated rings. The molecule has 138 valence electrons. The number of benzene rings is 2. The van der Waals surface area contributed by atoms with Gasteiger partial charge in [0.2, 0.25) is 5.91 Å². The summed E-state index contributed by atoms with van der Waals surface area (Å²) in [6, 6.07) is 16.1. The Labute approximate surface area is 163 Å². The van der Waals surface area contributed by atoms with Crippen LogP contribution in [0.25, 0.3) is 10.2 Å². The van der Waals surface area contributed by atoms with Crippen LogP contribution >= 0.6 is 23.7 Å². The Bertz CT molecular complexity index is 803. The number of halogens is 1. The zero-order valence-electron chi connectivity index (χ0n) is 14.5. The van der Waals surface area contributed by atoms with Gasteiger partial charge in [0.15, 0.2) is 0 Å². The fourth-order valence-electron chi connectivity index (χ4n) is 2.46. The maximum atomic E-state index is 11.8. The molecule has 0 aliphatic carbocycles. The molecular weight excluding hydrogens is 370 g/mol. The van der Waals surface area contributed by atoms with E-state index in [1.54, 1.807) is 18.4 Å². The van der Waals surface area contributed by atoms with Gasteiger partial charge in [-0.1, -0.05) is 24.3 Å². The predicted molar refractivity (Wildman–Crippen MR) is 109 cm³/mol. The minimum absolute atomic E-state index is 0. The summed E-state index contributed by atoms with van der Waals surface area (Å²) < 4.78 is 6.14. The fraction of sp³-hybridized carbons (Fsp3) is 0.263. The van der Waals surface area contributed by atoms with E-state index in [2.05, 4.69) is 21.7 Å². The van der Waals surface area contributed by atoms with E-state index in [-0.39, 0.29) is 24.9 Å². The Morgan fingerprint density at radius 3 is 2.65 bits per heavy atom. The van der Waals surface area contributed by atoms with Crippen LogP contribution in [0, 0.1) is 0 Å². The average Bonchev–Trinajstić information content (AvgIpc) is 3.03. The maximum Gasteiger partial charge on any atom is 0.238 e. The Kier molecular flexibility index (Phi) is 8.00. The minimum Gasteiger partial charge on any atom is -0.383 e. The lowest BCUT2D eigenvalue weighted by Gasteiger charge is -2.07. The van der Waals surface area contributed by atoms with E-state index < -0.39 is 0 Å². The monoisotopic (exact) mass is 391 g/mol. The molecule has 26 heavy (non-hydrogen) atoms. The lowest BCUT2D eigenvalue weighted by Crippen LogP contribution is -2.30. The molecule has 2 aromatic carbocycles. The van der Waals surface area contributed by atoms with Gasteiger partial charge in [0.05, 0.1) is 28.4 Å². The van der Waals surface area contributed by atoms with Gasteiger partial charge in [0, 0.05) is 25.8 Å². The Morgan fingerprint density at radius 1 is 1.15 bits per heavy atom. The second kappa shape index (κ2) is 10.2. The molecule has 2 N–H and O–H groups in total. The zero-order valence-corrected chi connectivity index (χ0v) is 16.2. The number of ether oxygens (including phenoxy) is 1. The first kappa shape index (κ1) is 20.3. The number of hydrogen-bond acceptors (Lipinski definition) is 5. The number of aromatic nitrogens is 1. The van der Waals surface area contributed by atoms with Crippen LogP contribution in [0.2, 0.25) is 0 Å². The SMILES string of the molecule is COCCNCC(=O)Nc1ccc(Cc2nc3ccccc3s2)cc1.Cl. The molecule has 0 aliphatic heterocycles. The van der Waals surface area contributed by atoms with Gasteiger partial charge in [-0.3, -0.25) is 4.79 Å². The molecule has 0 aliphatic rings. The van der Waals surface area contributed by atoms with Crippen molar-refractivity contribution in [2.45, 2.75) is 6.42 Å². The first-order chi connectivity index (χ1) is 12.2. The summed E-state index contributed by atoms with van der Waals surface area (Å²) in [4.78, 5) is 16.5. The number of nitrogens with zero attached hydrogens (tertiary/aromatic N) is 1. The van der Waals surface area contributed by atoms with E-state index in [0.29, 0.717) is 13.2 Å². The molecule has 3 aromatic rings. The number of carbonyl (C=O) groups is 1. The van der Waals surface area contributed by atoms with Gasteiger partial charge in [-0.25, -0.2) is 4.98 Å². The number of nitrogens with one attached hydrogen (secondary N) is 2. The van der Waals surface area contributed by atoms with Crippen molar-refractivity contribution in [3.05, 3.63) is 59.1 Å². The van der Waals surface area contributed by atoms with E-state index in [4.69, 9.17) is 4.74 Å². The highest BCUT2D eigenvalue weighted by Crippen LogP contribution is 2.24. The van der Waals surface area contributed by atoms with Gasteiger partial charge in [-0.2, -0.15) is 0 Å². The molecule has 0 spiro atoms. The van der Waals surface area contributed by atoms with Gasteiger partial charge < -0.3 is 15.4 Å². The van der Waals surface area contributed by atoms with E-state index in [9.17, 15) is 4.79 Å². The van der Waals surface area contributed by atoms with Crippen LogP contribution in [0.15, 0.2) is 48.5 Å². The van der Waals surface area contributed by atoms with Crippen molar-refractivity contribution >= 4 is 45.6 Å². The third kappa shape index (κ3) is 5.78. The first-order valence-electron chi connectivity index (χ1n) is 8.17. The number of rotatable bonds is 8. The fourth-order valence-corrected chi connectivity index (χ4v) is 3.46. The molecule has 3 rings (SSSR count). The van der Waals surface area contributed by atoms with E-state index in [0.717, 1.165) is 22.6 Å². The molecule has 1 heterocycles. The molecule has 0 saturated heterocycles. The molecule has 5 nitrogen and oxygen atoms in total. The van der Waals surface area contributed by atoms with Crippen LogP contribution < -0.4 is 10.6 Å². The topological polar surface area (TPSA) is 63.2 Å². The first-order valence-corrected chi connectivity index (χ1v) is 8.99. The average molecular weight is 392 g/mol. The Hall–Kier alpha value is -1.99. The normalized spacial score (nSPS) is 10.5. The summed E-state index contributed by atoms with van der Waals surface area (Å²) in [6.07, 6.45) is 0.798. The van der Waals surface area contributed by atoms with Gasteiger partial charge >= 0.3 is 0 Å². The van der Waals surface area contributed by atoms with Crippen molar-refractivity contribution in [3.8, 4) is 0 Å². The van der Waals surface area contributed by atoms with E-state index in [1.807, 2.05) is 42.5 Å². The summed E-state index contributed by atoms with van der Waals surface area (Å²) in [5.74, 6) is -0.0602. The van der Waals surface area contributed by atoms with Gasteiger partial charge in [0.25, 0.3) is 0 Å². The Balaban J connectivity index is 0.00000243. The number of carbonyl (C=O) groups excluding carboxylic acids is 1. The smallest absolute Gasteiger partial charge is 0.238 e. The number of thiazole rings is 1. The van der Waals surface area contributed by atoms with Crippen LogP contribution in [0.1, 0.15) is 10.6 Å². The second-order valence-electron chi connectivity index (χ2n) is 5.67. The molecule has 1 aromatic heterocycles. The third-order valence-electron chi connectivity index (χ3n) is 3.70. The van der Waals surface area contributed by atoms with E-state index >= 15 is 0 Å². The van der Waals surface area contributed by atoms with Crippen LogP contribution in [-0.4, -0.2) is 37.7 Å². The van der Waals surface area contributed by atoms with Crippen LogP contribution in [0.5, 0.6) is 0 Å². The van der Waals surface area contributed by atoms with Crippen molar-refractivity contribution in [1.29, 1.82) is 0 Å². The predicted octanol–water partition coefficient (Wildman–Crippen LogP) is 3.48. The largest absolute Gasteiger partial charge is 0.383 e. The number of para-hydroxylation sites is 1. The molecule has 0 atom stereocenters. The maximum absolute atomic E-state index is 11.8. The van der Waals surface area contributed by atoms with E-state index in [1.165, 1.54) is 10.3 Å². The number of amides is 1. The quantitative estimate of drug-likeness (QED) is 0.577. The summed E-state index contributed by atoms with van der Waals surface area (Å²) in [5, 5.41) is 6.99. The highest BCUT2D eigenvalue weighted by molar-refractivity contribution is 7.18. The molecule has 7 heteroatoms. The molecule has 0 radical (unpaired) electrons. The molecule has 0 saturated carbocycles. The highest BCUT2D eigenvalue weighted by atomic mass is 35.5.